The van der Waals surface area contributed by atoms with Crippen LogP contribution in [0.3, 0.4) is 0 Å². The number of hydrogen-bond donors (Lipinski definition) is 3. The van der Waals surface area contributed by atoms with Crippen molar-refractivity contribution in [2.24, 2.45) is 0 Å². The Bertz CT molecular complexity index is 5290. The number of nitrogen functional groups attached to an aromatic ring is 1. The quantitative estimate of drug-likeness (QED) is 0.0287. The highest BCUT2D eigenvalue weighted by Crippen LogP contribution is 2.30. The van der Waals surface area contributed by atoms with Crippen LogP contribution in [0, 0.1) is 0 Å². The molecule has 596 valence electrons. The van der Waals surface area contributed by atoms with Crippen LogP contribution < -0.4 is 43.6 Å². The van der Waals surface area contributed by atoms with Crippen LogP contribution in [0.25, 0.3) is 45.8 Å². The third-order valence-corrected chi connectivity index (χ3v) is 20.5. The van der Waals surface area contributed by atoms with Gasteiger partial charge < -0.3 is 61.7 Å². The second-order valence-electron chi connectivity index (χ2n) is 23.4. The number of nitrogens with one attached hydrogen (secondary N) is 1. The average molecular weight is 1750 g/mol. The van der Waals surface area contributed by atoms with Gasteiger partial charge in [0.25, 0.3) is 19.1 Å². The van der Waals surface area contributed by atoms with Crippen molar-refractivity contribution >= 4 is 85.3 Å². The second kappa shape index (κ2) is 45.2. The summed E-state index contributed by atoms with van der Waals surface area (Å²) in [4.78, 5) is 17.7. The van der Waals surface area contributed by atoms with Crippen molar-refractivity contribution in [3.63, 3.8) is 0 Å². The lowest BCUT2D eigenvalue weighted by Crippen LogP contribution is -2.12. The van der Waals surface area contributed by atoms with Gasteiger partial charge in [0.1, 0.15) is 118 Å². The van der Waals surface area contributed by atoms with Crippen LogP contribution in [-0.4, -0.2) is 90.7 Å². The number of rotatable bonds is 24. The van der Waals surface area contributed by atoms with Gasteiger partial charge in [-0.05, 0) is 170 Å². The Labute approximate surface area is 684 Å². The van der Waals surface area contributed by atoms with E-state index in [-0.39, 0.29) is 56.3 Å². The van der Waals surface area contributed by atoms with Crippen LogP contribution in [-0.2, 0) is 43.3 Å². The number of nitrogens with zero attached hydrogens (tertiary/aromatic N) is 8. The molecule has 0 bridgehead atoms. The highest BCUT2D eigenvalue weighted by atomic mass is 127. The number of alkyl halides is 1. The first-order valence-corrected chi connectivity index (χ1v) is 40.2. The van der Waals surface area contributed by atoms with E-state index >= 15 is 0 Å². The van der Waals surface area contributed by atoms with Gasteiger partial charge in [-0.3, -0.25) is 4.72 Å². The SMILES string of the molecule is C.C.C.CC(C)c1nnc(N)s1.COc1ccc(-c2nc(CI)co2)cc1.COc1ccc(-c2nc(COc3ccc(S(=O)(=O)Cl)cc3)co2)cc1.COc1ccc(-c2nc(COc3ccc(S(=O)(=O)Nc4nnc(C(C)C)s4)cc3)co2)cc1.COc1ccc(-c2nc(COc3ccccc3)co2)cc1.Oc1ccccc1. The Morgan fingerprint density at radius 1 is 0.425 bits per heavy atom. The number of phenols is 1. The number of sulfonamides is 1. The molecule has 0 atom stereocenters. The van der Waals surface area contributed by atoms with Gasteiger partial charge >= 0.3 is 0 Å². The van der Waals surface area contributed by atoms with Gasteiger partial charge in [0.05, 0.1) is 43.9 Å². The van der Waals surface area contributed by atoms with Gasteiger partial charge in [-0.25, -0.2) is 36.8 Å². The number of aromatic nitrogens is 8. The fourth-order valence-electron chi connectivity index (χ4n) is 8.95. The zero-order valence-electron chi connectivity index (χ0n) is 60.5. The lowest BCUT2D eigenvalue weighted by atomic mass is 10.2. The smallest absolute Gasteiger partial charge is 0.263 e. The molecule has 0 unspecified atom stereocenters. The molecule has 0 aliphatic heterocycles. The summed E-state index contributed by atoms with van der Waals surface area (Å²) in [5.74, 6) is 8.07. The van der Waals surface area contributed by atoms with Crippen molar-refractivity contribution in [1.82, 2.24) is 40.3 Å². The van der Waals surface area contributed by atoms with Crippen molar-refractivity contribution in [3.8, 4) is 91.8 Å². The zero-order valence-corrected chi connectivity index (χ0v) is 66.7. The summed E-state index contributed by atoms with van der Waals surface area (Å²) in [6.07, 6.45) is 6.33. The van der Waals surface area contributed by atoms with E-state index < -0.39 is 19.1 Å². The molecule has 6 aromatic heterocycles. The van der Waals surface area contributed by atoms with Crippen molar-refractivity contribution in [2.75, 3.05) is 38.9 Å². The monoisotopic (exact) mass is 1750 g/mol. The number of phenolic OH excluding ortho intramolecular Hbond substituents is 1. The predicted molar refractivity (Wildman–Crippen MR) is 449 cm³/mol. The summed E-state index contributed by atoms with van der Waals surface area (Å²) in [5.41, 5.74) is 11.8. The van der Waals surface area contributed by atoms with E-state index in [2.05, 4.69) is 81.5 Å². The van der Waals surface area contributed by atoms with Gasteiger partial charge in [-0.1, -0.05) is 132 Å². The third kappa shape index (κ3) is 28.7. The molecule has 8 aromatic carbocycles. The molecule has 14 aromatic rings. The average Bonchev–Trinajstić information content (AvgIpc) is 1.80. The molecule has 0 aliphatic rings. The number of ether oxygens (including phenoxy) is 7. The summed E-state index contributed by atoms with van der Waals surface area (Å²) in [5, 5.41) is 26.6. The number of aromatic hydroxyl groups is 1. The minimum atomic E-state index is -3.78. The first-order chi connectivity index (χ1) is 53.1. The normalized spacial score (nSPS) is 10.5. The summed E-state index contributed by atoms with van der Waals surface area (Å²) >= 11 is 4.92. The maximum absolute atomic E-state index is 12.6. The second-order valence-corrected chi connectivity index (χ2v) is 30.4. The van der Waals surface area contributed by atoms with Crippen molar-refractivity contribution in [3.05, 3.63) is 264 Å². The van der Waals surface area contributed by atoms with Crippen molar-refractivity contribution < 1.29 is 72.8 Å². The van der Waals surface area contributed by atoms with E-state index in [9.17, 15) is 16.8 Å². The van der Waals surface area contributed by atoms with E-state index in [0.29, 0.717) is 69.9 Å². The molecular formula is C81H88ClIN10O16S4. The first kappa shape index (κ1) is 90.5. The molecule has 0 amide bonds. The minimum absolute atomic E-state index is 0. The van der Waals surface area contributed by atoms with E-state index in [4.69, 9.17) is 72.3 Å². The van der Waals surface area contributed by atoms with Gasteiger partial charge in [0.15, 0.2) is 0 Å². The van der Waals surface area contributed by atoms with Crippen LogP contribution in [0.2, 0.25) is 0 Å². The van der Waals surface area contributed by atoms with Gasteiger partial charge in [-0.15, -0.1) is 20.4 Å². The molecule has 14 rings (SSSR count). The van der Waals surface area contributed by atoms with Crippen LogP contribution in [0.4, 0.5) is 10.3 Å². The van der Waals surface area contributed by atoms with Crippen molar-refractivity contribution in [2.45, 2.75) is 95.8 Å². The van der Waals surface area contributed by atoms with E-state index in [1.807, 2.05) is 147 Å². The van der Waals surface area contributed by atoms with Gasteiger partial charge in [0.2, 0.25) is 33.8 Å². The number of hydrogen-bond acceptors (Lipinski definition) is 27. The number of methoxy groups -OCH3 is 4. The Balaban J connectivity index is 0.000000223. The van der Waals surface area contributed by atoms with E-state index in [0.717, 1.165) is 76.8 Å². The van der Waals surface area contributed by atoms with Gasteiger partial charge in [0, 0.05) is 49.2 Å². The molecule has 4 N–H and O–H groups in total. The predicted octanol–water partition coefficient (Wildman–Crippen LogP) is 20.3. The molecule has 0 aliphatic carbocycles. The molecule has 0 saturated carbocycles. The Morgan fingerprint density at radius 3 is 1.02 bits per heavy atom. The number of halogens is 2. The Kier molecular flexibility index (Phi) is 36.2. The topological polar surface area (TPSA) is 347 Å². The lowest BCUT2D eigenvalue weighted by molar-refractivity contribution is 0.300. The van der Waals surface area contributed by atoms with Gasteiger partial charge in [-0.2, -0.15) is 0 Å². The molecule has 6 heterocycles. The third-order valence-electron chi connectivity index (χ3n) is 14.7. The van der Waals surface area contributed by atoms with Crippen molar-refractivity contribution in [1.29, 1.82) is 0 Å². The number of para-hydroxylation sites is 2. The molecule has 32 heteroatoms. The minimum Gasteiger partial charge on any atom is -0.508 e. The van der Waals surface area contributed by atoms with E-state index in [1.54, 1.807) is 77.4 Å². The fraction of sp³-hybridized carbons (Fsp3) is 0.210. The Hall–Kier alpha value is -11.4. The molecule has 0 spiro atoms. The largest absolute Gasteiger partial charge is 0.508 e. The molecule has 0 saturated heterocycles. The maximum Gasteiger partial charge on any atom is 0.263 e. The lowest BCUT2D eigenvalue weighted by Gasteiger charge is -2.07. The number of nitrogens with two attached hydrogens (primary N) is 1. The summed E-state index contributed by atoms with van der Waals surface area (Å²) in [7, 11) is 4.24. The summed E-state index contributed by atoms with van der Waals surface area (Å²) in [6.45, 7) is 8.82. The first-order valence-electron chi connectivity index (χ1n) is 33.3. The van der Waals surface area contributed by atoms with Crippen LogP contribution in [0.1, 0.15) is 94.6 Å². The fourth-order valence-corrected chi connectivity index (χ4v) is 12.7. The highest BCUT2D eigenvalue weighted by molar-refractivity contribution is 14.1. The Morgan fingerprint density at radius 2 is 0.735 bits per heavy atom. The number of anilines is 2. The van der Waals surface area contributed by atoms with Crippen LogP contribution >= 0.6 is 55.9 Å². The standard InChI is InChI=1S/C22H22N4O5S2.C17H14ClNO5S.C17H15NO3.C11H10INO2.C6H6O.C5H9N3S.3CH4/c1-14(2)21-24-25-22(32-21)26-33(27,28)19-10-8-18(9-11-19)30-12-16-13-31-20(23-16)15-4-6-17(29-3)7-5-15;1-22-14-4-2-12(3-5-14)17-19-13(11-24-17)10-23-15-6-8-16(9-7-15)25(18,20)21;1-19-15-9-7-13(8-10-15)17-18-14(12-21-17)11-20-16-5-3-2-4-6-16;1-14-10-4-2-8(3-5-10)11-13-9(6-12)7-15-11;7-6-4-2-1-3-5-6;1-3(2)4-7-8-5(6)9-4;;;/h4-11,13-14H,12H2,1-3H3,(H,25,26);2-9,11H,10H2,1H3;2-10,12H,11H2,1H3;2-5,7H,6H2,1H3;1-5,7H;3H,1-2H3,(H2,6,8);3*1H4. The highest BCUT2D eigenvalue weighted by Gasteiger charge is 2.19. The molecule has 26 nitrogen and oxygen atoms in total. The molecule has 0 radical (unpaired) electrons. The summed E-state index contributed by atoms with van der Waals surface area (Å²) < 4.78 is 110. The summed E-state index contributed by atoms with van der Waals surface area (Å²) in [6, 6.07) is 60.2. The van der Waals surface area contributed by atoms with Crippen LogP contribution in [0.15, 0.2) is 259 Å². The molecular weight excluding hydrogens is 1660 g/mol. The number of oxazole rings is 4. The number of benzene rings is 8. The molecule has 113 heavy (non-hydrogen) atoms. The zero-order chi connectivity index (χ0) is 78.4. The molecule has 0 fully saturated rings. The van der Waals surface area contributed by atoms with E-state index in [1.165, 1.54) is 71.6 Å². The maximum atomic E-state index is 12.6. The van der Waals surface area contributed by atoms with Crippen LogP contribution in [0.5, 0.6) is 46.0 Å².